The Bertz CT molecular complexity index is 470. The molecule has 0 aliphatic rings. The van der Waals surface area contributed by atoms with E-state index >= 15 is 0 Å². The van der Waals surface area contributed by atoms with Crippen LogP contribution in [0.2, 0.25) is 0 Å². The highest BCUT2D eigenvalue weighted by molar-refractivity contribution is 9.10. The lowest BCUT2D eigenvalue weighted by Gasteiger charge is -2.18. The number of hydrogen-bond acceptors (Lipinski definition) is 2. The third-order valence-corrected chi connectivity index (χ3v) is 2.93. The van der Waals surface area contributed by atoms with E-state index in [-0.39, 0.29) is 11.8 Å². The molecule has 5 heteroatoms. The van der Waals surface area contributed by atoms with Gasteiger partial charge >= 0.3 is 0 Å². The zero-order chi connectivity index (χ0) is 13.0. The predicted octanol–water partition coefficient (Wildman–Crippen LogP) is 2.82. The fourth-order valence-electron chi connectivity index (χ4n) is 1.40. The smallest absolute Gasteiger partial charge is 0.254 e. The summed E-state index contributed by atoms with van der Waals surface area (Å²) in [4.78, 5) is 13.4. The number of nitriles is 1. The van der Waals surface area contributed by atoms with Crippen molar-refractivity contribution < 1.29 is 9.18 Å². The Labute approximate surface area is 108 Å². The molecule has 90 valence electrons. The minimum atomic E-state index is -0.401. The Morgan fingerprint density at radius 3 is 2.82 bits per heavy atom. The molecule has 0 fully saturated rings. The van der Waals surface area contributed by atoms with Gasteiger partial charge in [-0.3, -0.25) is 4.79 Å². The SMILES string of the molecule is CC(C#N)CN(C)C(=O)c1ccc(F)cc1Br. The first-order valence-electron chi connectivity index (χ1n) is 5.06. The van der Waals surface area contributed by atoms with Crippen LogP contribution in [0.3, 0.4) is 0 Å². The number of hydrogen-bond donors (Lipinski definition) is 0. The molecular weight excluding hydrogens is 287 g/mol. The average Bonchev–Trinajstić information content (AvgIpc) is 2.28. The van der Waals surface area contributed by atoms with E-state index in [2.05, 4.69) is 22.0 Å². The Morgan fingerprint density at radius 2 is 2.29 bits per heavy atom. The van der Waals surface area contributed by atoms with E-state index < -0.39 is 5.82 Å². The summed E-state index contributed by atoms with van der Waals surface area (Å²) in [7, 11) is 1.62. The number of nitrogens with zero attached hydrogens (tertiary/aromatic N) is 2. The van der Waals surface area contributed by atoms with Crippen molar-refractivity contribution in [2.75, 3.05) is 13.6 Å². The molecule has 0 aliphatic carbocycles. The molecule has 3 nitrogen and oxygen atoms in total. The standard InChI is InChI=1S/C12H12BrFN2O/c1-8(6-15)7-16(2)12(17)10-4-3-9(14)5-11(10)13/h3-5,8H,7H2,1-2H3. The van der Waals surface area contributed by atoms with E-state index in [0.29, 0.717) is 16.6 Å². The van der Waals surface area contributed by atoms with Crippen molar-refractivity contribution in [1.82, 2.24) is 4.90 Å². The summed E-state index contributed by atoms with van der Waals surface area (Å²) in [6.45, 7) is 2.09. The summed E-state index contributed by atoms with van der Waals surface area (Å²) in [5.74, 6) is -0.872. The zero-order valence-corrected chi connectivity index (χ0v) is 11.2. The van der Waals surface area contributed by atoms with E-state index in [9.17, 15) is 9.18 Å². The van der Waals surface area contributed by atoms with Crippen LogP contribution in [0.25, 0.3) is 0 Å². The molecular formula is C12H12BrFN2O. The van der Waals surface area contributed by atoms with Gasteiger partial charge in [0.2, 0.25) is 0 Å². The fraction of sp³-hybridized carbons (Fsp3) is 0.333. The molecule has 0 heterocycles. The molecule has 0 saturated carbocycles. The lowest BCUT2D eigenvalue weighted by molar-refractivity contribution is 0.0784. The van der Waals surface area contributed by atoms with Crippen LogP contribution in [0.15, 0.2) is 22.7 Å². The Hall–Kier alpha value is -1.41. The molecule has 0 radical (unpaired) electrons. The van der Waals surface area contributed by atoms with Gasteiger partial charge in [0.15, 0.2) is 0 Å². The maximum atomic E-state index is 12.9. The number of benzene rings is 1. The molecule has 0 saturated heterocycles. The second-order valence-corrected chi connectivity index (χ2v) is 4.69. The quantitative estimate of drug-likeness (QED) is 0.861. The molecule has 1 amide bonds. The monoisotopic (exact) mass is 298 g/mol. The van der Waals surface area contributed by atoms with E-state index in [1.54, 1.807) is 14.0 Å². The predicted molar refractivity (Wildman–Crippen MR) is 65.8 cm³/mol. The van der Waals surface area contributed by atoms with E-state index in [1.165, 1.54) is 23.1 Å². The van der Waals surface area contributed by atoms with Crippen molar-refractivity contribution in [3.05, 3.63) is 34.1 Å². The van der Waals surface area contributed by atoms with Crippen LogP contribution in [0.4, 0.5) is 4.39 Å². The second-order valence-electron chi connectivity index (χ2n) is 3.84. The molecule has 1 unspecified atom stereocenters. The topological polar surface area (TPSA) is 44.1 Å². The first-order chi connectivity index (χ1) is 7.95. The van der Waals surface area contributed by atoms with Gasteiger partial charge in [-0.1, -0.05) is 0 Å². The summed E-state index contributed by atoms with van der Waals surface area (Å²) in [6, 6.07) is 5.97. The van der Waals surface area contributed by atoms with Gasteiger partial charge in [-0.05, 0) is 41.1 Å². The van der Waals surface area contributed by atoms with Crippen LogP contribution in [-0.4, -0.2) is 24.4 Å². The van der Waals surface area contributed by atoms with Gasteiger partial charge in [0.05, 0.1) is 17.6 Å². The van der Waals surface area contributed by atoms with Crippen molar-refractivity contribution in [3.63, 3.8) is 0 Å². The second kappa shape index (κ2) is 5.78. The Kier molecular flexibility index (Phi) is 4.64. The van der Waals surface area contributed by atoms with Crippen LogP contribution in [0.1, 0.15) is 17.3 Å². The largest absolute Gasteiger partial charge is 0.340 e. The molecule has 1 aromatic rings. The highest BCUT2D eigenvalue weighted by atomic mass is 79.9. The average molecular weight is 299 g/mol. The summed E-state index contributed by atoms with van der Waals surface area (Å²) >= 11 is 3.15. The minimum Gasteiger partial charge on any atom is -0.340 e. The molecule has 0 spiro atoms. The summed E-state index contributed by atoms with van der Waals surface area (Å²) in [5, 5.41) is 8.68. The summed E-state index contributed by atoms with van der Waals surface area (Å²) in [5.41, 5.74) is 0.388. The maximum Gasteiger partial charge on any atom is 0.254 e. The van der Waals surface area contributed by atoms with Crippen molar-refractivity contribution in [1.29, 1.82) is 5.26 Å². The normalized spacial score (nSPS) is 11.7. The van der Waals surface area contributed by atoms with Crippen molar-refractivity contribution >= 4 is 21.8 Å². The van der Waals surface area contributed by atoms with E-state index in [0.717, 1.165) is 0 Å². The number of halogens is 2. The van der Waals surface area contributed by atoms with Gasteiger partial charge < -0.3 is 4.90 Å². The highest BCUT2D eigenvalue weighted by Crippen LogP contribution is 2.19. The number of amides is 1. The Morgan fingerprint density at radius 1 is 1.65 bits per heavy atom. The highest BCUT2D eigenvalue weighted by Gasteiger charge is 2.16. The summed E-state index contributed by atoms with van der Waals surface area (Å²) < 4.78 is 13.3. The lowest BCUT2D eigenvalue weighted by Crippen LogP contribution is -2.30. The van der Waals surface area contributed by atoms with Crippen LogP contribution in [0, 0.1) is 23.1 Å². The van der Waals surface area contributed by atoms with E-state index in [1.807, 2.05) is 0 Å². The molecule has 1 atom stereocenters. The van der Waals surface area contributed by atoms with Crippen LogP contribution in [-0.2, 0) is 0 Å². The van der Waals surface area contributed by atoms with Gasteiger partial charge in [0.25, 0.3) is 5.91 Å². The minimum absolute atomic E-state index is 0.233. The van der Waals surface area contributed by atoms with Crippen molar-refractivity contribution in [2.45, 2.75) is 6.92 Å². The first-order valence-corrected chi connectivity index (χ1v) is 5.85. The number of rotatable bonds is 3. The third kappa shape index (κ3) is 3.53. The van der Waals surface area contributed by atoms with Gasteiger partial charge in [-0.15, -0.1) is 0 Å². The van der Waals surface area contributed by atoms with Crippen LogP contribution < -0.4 is 0 Å². The molecule has 1 rings (SSSR count). The number of carbonyl (C=O) groups is 1. The van der Waals surface area contributed by atoms with Crippen LogP contribution >= 0.6 is 15.9 Å². The third-order valence-electron chi connectivity index (χ3n) is 2.28. The molecule has 0 bridgehead atoms. The Balaban J connectivity index is 2.86. The molecule has 0 N–H and O–H groups in total. The summed E-state index contributed by atoms with van der Waals surface area (Å²) in [6.07, 6.45) is 0. The molecule has 0 aromatic heterocycles. The lowest BCUT2D eigenvalue weighted by atomic mass is 10.1. The van der Waals surface area contributed by atoms with Gasteiger partial charge in [0, 0.05) is 18.1 Å². The van der Waals surface area contributed by atoms with Gasteiger partial charge in [0.1, 0.15) is 5.82 Å². The van der Waals surface area contributed by atoms with Crippen molar-refractivity contribution in [2.24, 2.45) is 5.92 Å². The fourth-order valence-corrected chi connectivity index (χ4v) is 1.92. The zero-order valence-electron chi connectivity index (χ0n) is 9.58. The van der Waals surface area contributed by atoms with Crippen molar-refractivity contribution in [3.8, 4) is 6.07 Å². The molecule has 0 aliphatic heterocycles. The van der Waals surface area contributed by atoms with Gasteiger partial charge in [-0.25, -0.2) is 4.39 Å². The maximum absolute atomic E-state index is 12.9. The molecule has 17 heavy (non-hydrogen) atoms. The molecule has 1 aromatic carbocycles. The van der Waals surface area contributed by atoms with Crippen LogP contribution in [0.5, 0.6) is 0 Å². The number of carbonyl (C=O) groups excluding carboxylic acids is 1. The van der Waals surface area contributed by atoms with E-state index in [4.69, 9.17) is 5.26 Å². The van der Waals surface area contributed by atoms with Gasteiger partial charge in [-0.2, -0.15) is 5.26 Å². The first kappa shape index (κ1) is 13.7.